The van der Waals surface area contributed by atoms with Crippen LogP contribution in [-0.4, -0.2) is 33.9 Å². The monoisotopic (exact) mass is 299 g/mol. The van der Waals surface area contributed by atoms with Crippen LogP contribution in [-0.2, 0) is 9.84 Å². The van der Waals surface area contributed by atoms with E-state index in [2.05, 4.69) is 0 Å². The van der Waals surface area contributed by atoms with Crippen molar-refractivity contribution in [3.05, 3.63) is 18.2 Å². The Balaban J connectivity index is 2.09. The molecule has 1 aliphatic heterocycles. The average molecular weight is 299 g/mol. The molecule has 0 amide bonds. The summed E-state index contributed by atoms with van der Waals surface area (Å²) in [6, 6.07) is 4.83. The van der Waals surface area contributed by atoms with Gasteiger partial charge in [0.05, 0.1) is 23.9 Å². The Hall–Kier alpha value is -1.27. The second-order valence-electron chi connectivity index (χ2n) is 4.83. The zero-order chi connectivity index (χ0) is 14.4. The first-order chi connectivity index (χ1) is 9.63. The molecule has 0 bridgehead atoms. The number of hydrogen-bond donors (Lipinski definition) is 1. The van der Waals surface area contributed by atoms with Gasteiger partial charge in [0, 0.05) is 12.5 Å². The summed E-state index contributed by atoms with van der Waals surface area (Å²) in [6.07, 6.45) is 3.13. The van der Waals surface area contributed by atoms with Crippen molar-refractivity contribution in [1.82, 2.24) is 0 Å². The second-order valence-corrected chi connectivity index (χ2v) is 6.94. The van der Waals surface area contributed by atoms with Crippen LogP contribution in [0.3, 0.4) is 0 Å². The number of sulfone groups is 1. The number of benzene rings is 1. The highest BCUT2D eigenvalue weighted by Crippen LogP contribution is 2.32. The van der Waals surface area contributed by atoms with Crippen molar-refractivity contribution in [2.75, 3.05) is 25.5 Å². The Kier molecular flexibility index (Phi) is 5.25. The maximum absolute atomic E-state index is 12.2. The topological polar surface area (TPSA) is 78.6 Å². The van der Waals surface area contributed by atoms with E-state index in [9.17, 15) is 8.42 Å². The van der Waals surface area contributed by atoms with Gasteiger partial charge in [0.15, 0.2) is 21.3 Å². The molecule has 1 aliphatic rings. The van der Waals surface area contributed by atoms with Gasteiger partial charge in [-0.05, 0) is 31.5 Å². The fourth-order valence-electron chi connectivity index (χ4n) is 2.07. The highest BCUT2D eigenvalue weighted by Gasteiger charge is 2.18. The van der Waals surface area contributed by atoms with Crippen molar-refractivity contribution >= 4 is 9.84 Å². The van der Waals surface area contributed by atoms with E-state index < -0.39 is 9.84 Å². The molecule has 0 spiro atoms. The molecule has 0 aromatic heterocycles. The average Bonchev–Trinajstić information content (AvgIpc) is 2.68. The van der Waals surface area contributed by atoms with Crippen molar-refractivity contribution in [2.24, 2.45) is 5.73 Å². The summed E-state index contributed by atoms with van der Waals surface area (Å²) < 4.78 is 35.5. The maximum Gasteiger partial charge on any atom is 0.178 e. The number of nitrogens with two attached hydrogens (primary N) is 1. The van der Waals surface area contributed by atoms with Gasteiger partial charge in [0.1, 0.15) is 0 Å². The fraction of sp³-hybridized carbons (Fsp3) is 0.571. The lowest BCUT2D eigenvalue weighted by Gasteiger charge is -2.10. The van der Waals surface area contributed by atoms with Gasteiger partial charge in [0.2, 0.25) is 0 Å². The lowest BCUT2D eigenvalue weighted by Crippen LogP contribution is -2.08. The molecule has 0 saturated heterocycles. The van der Waals surface area contributed by atoms with Gasteiger partial charge >= 0.3 is 0 Å². The number of fused-ring (bicyclic) bond motifs is 1. The van der Waals surface area contributed by atoms with Crippen LogP contribution in [0.25, 0.3) is 0 Å². The zero-order valence-electron chi connectivity index (χ0n) is 11.5. The van der Waals surface area contributed by atoms with Gasteiger partial charge < -0.3 is 15.2 Å². The molecule has 2 N–H and O–H groups in total. The first kappa shape index (κ1) is 15.1. The van der Waals surface area contributed by atoms with Crippen LogP contribution in [0.1, 0.15) is 25.7 Å². The number of hydrogen-bond acceptors (Lipinski definition) is 5. The summed E-state index contributed by atoms with van der Waals surface area (Å²) in [5, 5.41) is 0. The quantitative estimate of drug-likeness (QED) is 0.810. The second kappa shape index (κ2) is 6.95. The lowest BCUT2D eigenvalue weighted by atomic mass is 10.2. The molecule has 0 fully saturated rings. The summed E-state index contributed by atoms with van der Waals surface area (Å²) in [6.45, 7) is 1.75. The number of ether oxygens (including phenoxy) is 2. The van der Waals surface area contributed by atoms with Crippen molar-refractivity contribution in [3.63, 3.8) is 0 Å². The predicted octanol–water partition coefficient (Wildman–Crippen LogP) is 1.75. The van der Waals surface area contributed by atoms with Crippen molar-refractivity contribution in [1.29, 1.82) is 0 Å². The minimum absolute atomic E-state index is 0.145. The summed E-state index contributed by atoms with van der Waals surface area (Å²) in [7, 11) is -3.26. The SMILES string of the molecule is NCCCCCS(=O)(=O)c1ccc2c(c1)OCCCO2. The molecular weight excluding hydrogens is 278 g/mol. The van der Waals surface area contributed by atoms with Gasteiger partial charge in [-0.15, -0.1) is 0 Å². The van der Waals surface area contributed by atoms with Crippen molar-refractivity contribution in [2.45, 2.75) is 30.6 Å². The van der Waals surface area contributed by atoms with Crippen molar-refractivity contribution < 1.29 is 17.9 Å². The Morgan fingerprint density at radius 2 is 1.80 bits per heavy atom. The predicted molar refractivity (Wildman–Crippen MR) is 77.0 cm³/mol. The molecule has 20 heavy (non-hydrogen) atoms. The standard InChI is InChI=1S/C14H21NO4S/c15-7-2-1-3-10-20(16,17)12-5-6-13-14(11-12)19-9-4-8-18-13/h5-6,11H,1-4,7-10,15H2. The third-order valence-corrected chi connectivity index (χ3v) is 4.99. The van der Waals surface area contributed by atoms with Gasteiger partial charge in [-0.3, -0.25) is 0 Å². The van der Waals surface area contributed by atoms with E-state index >= 15 is 0 Å². The Labute approximate surface area is 120 Å². The summed E-state index contributed by atoms with van der Waals surface area (Å²) in [5.74, 6) is 1.28. The van der Waals surface area contributed by atoms with E-state index in [1.807, 2.05) is 0 Å². The highest BCUT2D eigenvalue weighted by atomic mass is 32.2. The van der Waals surface area contributed by atoms with Crippen LogP contribution < -0.4 is 15.2 Å². The van der Waals surface area contributed by atoms with Crippen LogP contribution >= 0.6 is 0 Å². The van der Waals surface area contributed by atoms with Gasteiger partial charge in [-0.1, -0.05) is 6.42 Å². The van der Waals surface area contributed by atoms with Gasteiger partial charge in [0.25, 0.3) is 0 Å². The molecule has 2 rings (SSSR count). The van der Waals surface area contributed by atoms with E-state index in [1.54, 1.807) is 18.2 Å². The molecule has 0 saturated carbocycles. The summed E-state index contributed by atoms with van der Waals surface area (Å²) in [4.78, 5) is 0.300. The van der Waals surface area contributed by atoms with E-state index in [4.69, 9.17) is 15.2 Å². The third kappa shape index (κ3) is 3.86. The maximum atomic E-state index is 12.2. The molecular formula is C14H21NO4S. The molecule has 1 aromatic rings. The molecule has 5 nitrogen and oxygen atoms in total. The first-order valence-electron chi connectivity index (χ1n) is 6.96. The van der Waals surface area contributed by atoms with E-state index in [0.29, 0.717) is 42.6 Å². The minimum atomic E-state index is -3.26. The Morgan fingerprint density at radius 1 is 1.05 bits per heavy atom. The van der Waals surface area contributed by atoms with Gasteiger partial charge in [-0.25, -0.2) is 8.42 Å². The van der Waals surface area contributed by atoms with Crippen LogP contribution in [0.5, 0.6) is 11.5 Å². The molecule has 112 valence electrons. The summed E-state index contributed by atoms with van der Waals surface area (Å²) in [5.41, 5.74) is 5.40. The largest absolute Gasteiger partial charge is 0.490 e. The summed E-state index contributed by atoms with van der Waals surface area (Å²) >= 11 is 0. The third-order valence-electron chi connectivity index (χ3n) is 3.20. The number of rotatable bonds is 6. The molecule has 0 radical (unpaired) electrons. The minimum Gasteiger partial charge on any atom is -0.490 e. The van der Waals surface area contributed by atoms with Gasteiger partial charge in [-0.2, -0.15) is 0 Å². The molecule has 0 aliphatic carbocycles. The first-order valence-corrected chi connectivity index (χ1v) is 8.61. The van der Waals surface area contributed by atoms with E-state index in [1.165, 1.54) is 0 Å². The zero-order valence-corrected chi connectivity index (χ0v) is 12.3. The Morgan fingerprint density at radius 3 is 2.55 bits per heavy atom. The molecule has 6 heteroatoms. The van der Waals surface area contributed by atoms with Crippen LogP contribution in [0.4, 0.5) is 0 Å². The number of unbranched alkanes of at least 4 members (excludes halogenated alkanes) is 2. The van der Waals surface area contributed by atoms with Crippen LogP contribution in [0, 0.1) is 0 Å². The Bertz CT molecular complexity index is 542. The van der Waals surface area contributed by atoms with E-state index in [-0.39, 0.29) is 5.75 Å². The lowest BCUT2D eigenvalue weighted by molar-refractivity contribution is 0.297. The fourth-order valence-corrected chi connectivity index (χ4v) is 3.45. The normalized spacial score (nSPS) is 14.8. The van der Waals surface area contributed by atoms with Crippen LogP contribution in [0.15, 0.2) is 23.1 Å². The van der Waals surface area contributed by atoms with Crippen molar-refractivity contribution in [3.8, 4) is 11.5 Å². The molecule has 1 heterocycles. The van der Waals surface area contributed by atoms with E-state index in [0.717, 1.165) is 19.3 Å². The smallest absolute Gasteiger partial charge is 0.178 e. The highest BCUT2D eigenvalue weighted by molar-refractivity contribution is 7.91. The molecule has 0 atom stereocenters. The van der Waals surface area contributed by atoms with Crippen LogP contribution in [0.2, 0.25) is 0 Å². The molecule has 1 aromatic carbocycles. The molecule has 0 unspecified atom stereocenters.